The van der Waals surface area contributed by atoms with Gasteiger partial charge in [-0.2, -0.15) is 5.10 Å². The van der Waals surface area contributed by atoms with E-state index in [0.29, 0.717) is 46.5 Å². The lowest BCUT2D eigenvalue weighted by Gasteiger charge is -2.14. The maximum atomic E-state index is 16.4. The molecule has 0 bridgehead atoms. The van der Waals surface area contributed by atoms with Crippen molar-refractivity contribution in [2.45, 2.75) is 26.5 Å². The SMILES string of the molecule is CCc1cc(OCc2ccccc2)c(F)cc1-c1ccc2c(-c3nccn3Cc3ccccc3)nn(PI)c2c1F. The number of benzene rings is 4. The van der Waals surface area contributed by atoms with Crippen molar-refractivity contribution in [3.05, 3.63) is 126 Å². The highest BCUT2D eigenvalue weighted by Crippen LogP contribution is 2.40. The van der Waals surface area contributed by atoms with E-state index in [1.165, 1.54) is 6.07 Å². The Balaban J connectivity index is 1.39. The fraction of sp³-hybridized carbons (Fsp3) is 0.125. The van der Waals surface area contributed by atoms with E-state index in [9.17, 15) is 0 Å². The summed E-state index contributed by atoms with van der Waals surface area (Å²) in [6, 6.07) is 26.3. The van der Waals surface area contributed by atoms with Crippen LogP contribution in [0.2, 0.25) is 0 Å². The molecule has 1 atom stereocenters. The number of nitrogens with zero attached hydrogens (tertiary/aromatic N) is 4. The van der Waals surface area contributed by atoms with E-state index in [4.69, 9.17) is 9.84 Å². The molecule has 0 aliphatic rings. The molecule has 2 heterocycles. The summed E-state index contributed by atoms with van der Waals surface area (Å²) in [5, 5.41) is 5.44. The predicted octanol–water partition coefficient (Wildman–Crippen LogP) is 8.83. The molecule has 41 heavy (non-hydrogen) atoms. The third-order valence-corrected chi connectivity index (χ3v) is 8.91. The first-order chi connectivity index (χ1) is 20.1. The van der Waals surface area contributed by atoms with Gasteiger partial charge in [-0.25, -0.2) is 18.2 Å². The van der Waals surface area contributed by atoms with E-state index in [1.54, 1.807) is 22.8 Å². The molecule has 6 aromatic rings. The number of imidazole rings is 1. The molecule has 0 saturated heterocycles. The molecule has 0 spiro atoms. The van der Waals surface area contributed by atoms with Crippen molar-refractivity contribution in [2.75, 3.05) is 0 Å². The van der Waals surface area contributed by atoms with Gasteiger partial charge in [-0.15, -0.1) is 0 Å². The second kappa shape index (κ2) is 12.1. The normalized spacial score (nSPS) is 11.6. The Morgan fingerprint density at radius 3 is 2.34 bits per heavy atom. The molecular formula is C32H26F2IN4OP. The van der Waals surface area contributed by atoms with Crippen molar-refractivity contribution in [2.24, 2.45) is 0 Å². The first-order valence-electron chi connectivity index (χ1n) is 13.2. The van der Waals surface area contributed by atoms with Gasteiger partial charge < -0.3 is 9.30 Å². The lowest BCUT2D eigenvalue weighted by atomic mass is 9.96. The number of fused-ring (bicyclic) bond motifs is 1. The van der Waals surface area contributed by atoms with Crippen molar-refractivity contribution < 1.29 is 13.5 Å². The first kappa shape index (κ1) is 27.5. The first-order valence-corrected chi connectivity index (χ1v) is 17.3. The van der Waals surface area contributed by atoms with E-state index >= 15 is 8.78 Å². The van der Waals surface area contributed by atoms with Crippen molar-refractivity contribution in [3.8, 4) is 28.4 Å². The van der Waals surface area contributed by atoms with Crippen LogP contribution in [0.5, 0.6) is 5.75 Å². The van der Waals surface area contributed by atoms with E-state index in [0.717, 1.165) is 16.7 Å². The monoisotopic (exact) mass is 678 g/mol. The average molecular weight is 678 g/mol. The van der Waals surface area contributed by atoms with Gasteiger partial charge in [0.15, 0.2) is 23.2 Å². The van der Waals surface area contributed by atoms with Crippen molar-refractivity contribution in [3.63, 3.8) is 0 Å². The lowest BCUT2D eigenvalue weighted by molar-refractivity contribution is 0.290. The smallest absolute Gasteiger partial charge is 0.165 e. The fourth-order valence-corrected chi connectivity index (χ4v) is 6.51. The lowest BCUT2D eigenvalue weighted by Crippen LogP contribution is -2.01. The quantitative estimate of drug-likeness (QED) is 0.113. The summed E-state index contributed by atoms with van der Waals surface area (Å²) in [4.78, 5) is 4.58. The van der Waals surface area contributed by atoms with Gasteiger partial charge in [0.1, 0.15) is 17.8 Å². The van der Waals surface area contributed by atoms with Crippen LogP contribution in [0, 0.1) is 11.6 Å². The van der Waals surface area contributed by atoms with Gasteiger partial charge in [0.05, 0.1) is 6.37 Å². The van der Waals surface area contributed by atoms with Crippen LogP contribution in [0.4, 0.5) is 8.78 Å². The van der Waals surface area contributed by atoms with Gasteiger partial charge in [0.25, 0.3) is 0 Å². The summed E-state index contributed by atoms with van der Waals surface area (Å²) in [6.45, 7) is 2.84. The largest absolute Gasteiger partial charge is 0.486 e. The number of halogens is 3. The zero-order chi connectivity index (χ0) is 28.3. The Labute approximate surface area is 251 Å². The summed E-state index contributed by atoms with van der Waals surface area (Å²) < 4.78 is 41.2. The zero-order valence-corrected chi connectivity index (χ0v) is 25.3. The van der Waals surface area contributed by atoms with E-state index in [2.05, 4.69) is 39.2 Å². The van der Waals surface area contributed by atoms with Gasteiger partial charge >= 0.3 is 0 Å². The molecule has 6 rings (SSSR count). The Morgan fingerprint density at radius 2 is 1.63 bits per heavy atom. The van der Waals surface area contributed by atoms with E-state index < -0.39 is 11.6 Å². The third kappa shape index (κ3) is 5.51. The highest BCUT2D eigenvalue weighted by atomic mass is 127. The van der Waals surface area contributed by atoms with Crippen LogP contribution in [0.1, 0.15) is 23.6 Å². The van der Waals surface area contributed by atoms with Gasteiger partial charge in [0.2, 0.25) is 0 Å². The van der Waals surface area contributed by atoms with E-state index in [-0.39, 0.29) is 18.7 Å². The predicted molar refractivity (Wildman–Crippen MR) is 170 cm³/mol. The standard InChI is InChI=1S/C32H26F2IN4OP/c1-2-23-17-28(40-20-22-11-7-4-8-12-22)27(33)18-26(23)24-13-14-25-30(37-39(41-35)31(25)29(24)34)32-36-15-16-38(32)19-21-9-5-3-6-10-21/h3-18,41H,2,19-20H2,1H3. The van der Waals surface area contributed by atoms with E-state index in [1.807, 2.05) is 72.3 Å². The fourth-order valence-electron chi connectivity index (χ4n) is 5.02. The molecule has 0 radical (unpaired) electrons. The molecule has 4 aromatic carbocycles. The summed E-state index contributed by atoms with van der Waals surface area (Å²) in [7, 11) is 0. The average Bonchev–Trinajstić information content (AvgIpc) is 3.62. The number of hydrogen-bond acceptors (Lipinski definition) is 3. The second-order valence-corrected chi connectivity index (χ2v) is 11.6. The van der Waals surface area contributed by atoms with Gasteiger partial charge in [0, 0.05) is 29.9 Å². The van der Waals surface area contributed by atoms with Crippen LogP contribution < -0.4 is 4.74 Å². The molecule has 9 heteroatoms. The van der Waals surface area contributed by atoms with Crippen LogP contribution in [-0.4, -0.2) is 19.1 Å². The van der Waals surface area contributed by atoms with Gasteiger partial charge in [-0.1, -0.05) is 73.7 Å². The molecule has 0 aliphatic carbocycles. The number of aromatic nitrogens is 4. The molecule has 1 unspecified atom stereocenters. The van der Waals surface area contributed by atoms with Gasteiger partial charge in [-0.05, 0) is 68.9 Å². The minimum atomic E-state index is -0.527. The minimum absolute atomic E-state index is 0.155. The number of ether oxygens (including phenoxy) is 1. The van der Waals surface area contributed by atoms with Crippen LogP contribution in [0.15, 0.2) is 97.3 Å². The van der Waals surface area contributed by atoms with Crippen LogP contribution in [0.3, 0.4) is 0 Å². The minimum Gasteiger partial charge on any atom is -0.486 e. The van der Waals surface area contributed by atoms with Crippen LogP contribution in [0.25, 0.3) is 33.5 Å². The molecule has 2 aromatic heterocycles. The highest BCUT2D eigenvalue weighted by molar-refractivity contribution is 14.2. The van der Waals surface area contributed by atoms with Crippen molar-refractivity contribution >= 4 is 39.3 Å². The van der Waals surface area contributed by atoms with Crippen molar-refractivity contribution in [1.82, 2.24) is 19.1 Å². The maximum absolute atomic E-state index is 16.4. The number of hydrogen-bond donors (Lipinski definition) is 0. The molecule has 0 saturated carbocycles. The zero-order valence-electron chi connectivity index (χ0n) is 22.2. The molecule has 0 amide bonds. The van der Waals surface area contributed by atoms with Gasteiger partial charge in [-0.3, -0.25) is 0 Å². The molecule has 0 fully saturated rings. The molecule has 0 N–H and O–H groups in total. The molecule has 206 valence electrons. The number of aryl methyl sites for hydroxylation is 1. The summed E-state index contributed by atoms with van der Waals surface area (Å²) in [6.07, 6.45) is 4.39. The Morgan fingerprint density at radius 1 is 0.902 bits per heavy atom. The van der Waals surface area contributed by atoms with Crippen LogP contribution >= 0.6 is 28.4 Å². The maximum Gasteiger partial charge on any atom is 0.165 e. The summed E-state index contributed by atoms with van der Waals surface area (Å²) in [5.74, 6) is -0.138. The summed E-state index contributed by atoms with van der Waals surface area (Å²) >= 11 is 2.20. The Bertz CT molecular complexity index is 1820. The van der Waals surface area contributed by atoms with Crippen LogP contribution in [-0.2, 0) is 19.6 Å². The third-order valence-electron chi connectivity index (χ3n) is 7.05. The molecule has 0 aliphatic heterocycles. The number of rotatable bonds is 9. The highest BCUT2D eigenvalue weighted by Gasteiger charge is 2.23. The second-order valence-electron chi connectivity index (χ2n) is 9.60. The Kier molecular flexibility index (Phi) is 8.12. The Hall–Kier alpha value is -3.62. The molecule has 5 nitrogen and oxygen atoms in total. The topological polar surface area (TPSA) is 44.9 Å². The van der Waals surface area contributed by atoms with Crippen molar-refractivity contribution in [1.29, 1.82) is 0 Å². The molecular weight excluding hydrogens is 652 g/mol. The summed E-state index contributed by atoms with van der Waals surface area (Å²) in [5.41, 5.74) is 4.71.